The van der Waals surface area contributed by atoms with Crippen LogP contribution in [0.5, 0.6) is 0 Å². The lowest BCUT2D eigenvalue weighted by molar-refractivity contribution is 0.0115. The van der Waals surface area contributed by atoms with Gasteiger partial charge in [0.15, 0.2) is 0 Å². The molecule has 3 heterocycles. The SMILES string of the molecule is COCCNc1ncc2c(-c3cccc(CN4CCC(F)(F)C4)c3)cc(C3CCCCC3)n2n1. The van der Waals surface area contributed by atoms with Gasteiger partial charge in [-0.1, -0.05) is 37.5 Å². The summed E-state index contributed by atoms with van der Waals surface area (Å²) in [5.41, 5.74) is 5.42. The smallest absolute Gasteiger partial charge is 0.261 e. The molecule has 2 fully saturated rings. The molecule has 1 N–H and O–H groups in total. The van der Waals surface area contributed by atoms with Crippen LogP contribution in [0.25, 0.3) is 16.6 Å². The normalized spacial score (nSPS) is 19.1. The first-order valence-electron chi connectivity index (χ1n) is 12.3. The van der Waals surface area contributed by atoms with Gasteiger partial charge in [-0.2, -0.15) is 0 Å². The minimum Gasteiger partial charge on any atom is -0.383 e. The molecule has 1 saturated heterocycles. The minimum absolute atomic E-state index is 0.0559. The highest BCUT2D eigenvalue weighted by Crippen LogP contribution is 2.38. The maximum Gasteiger partial charge on any atom is 0.261 e. The number of rotatable bonds is 8. The van der Waals surface area contributed by atoms with Crippen LogP contribution in [0.2, 0.25) is 0 Å². The quantitative estimate of drug-likeness (QED) is 0.451. The van der Waals surface area contributed by atoms with Crippen molar-refractivity contribution in [2.75, 3.05) is 38.7 Å². The van der Waals surface area contributed by atoms with E-state index in [1.807, 2.05) is 23.2 Å². The maximum atomic E-state index is 13.7. The number of nitrogens with zero attached hydrogens (tertiary/aromatic N) is 4. The van der Waals surface area contributed by atoms with Gasteiger partial charge in [-0.05, 0) is 36.1 Å². The third-order valence-corrected chi connectivity index (χ3v) is 7.05. The fraction of sp³-hybridized carbons (Fsp3) is 0.538. The van der Waals surface area contributed by atoms with Crippen molar-refractivity contribution in [3.05, 3.63) is 47.8 Å². The molecule has 2 aromatic heterocycles. The van der Waals surface area contributed by atoms with Crippen molar-refractivity contribution < 1.29 is 13.5 Å². The molecule has 0 spiro atoms. The Balaban J connectivity index is 1.47. The molecule has 0 amide bonds. The van der Waals surface area contributed by atoms with Crippen LogP contribution in [0.4, 0.5) is 14.7 Å². The molecule has 0 atom stereocenters. The molecule has 0 bridgehead atoms. The molecule has 8 heteroatoms. The fourth-order valence-electron chi connectivity index (χ4n) is 5.32. The average Bonchev–Trinajstić information content (AvgIpc) is 3.39. The van der Waals surface area contributed by atoms with Gasteiger partial charge in [0.05, 0.1) is 24.9 Å². The Bertz CT molecular complexity index is 1130. The van der Waals surface area contributed by atoms with Crippen LogP contribution >= 0.6 is 0 Å². The Morgan fingerprint density at radius 1 is 1.18 bits per heavy atom. The zero-order chi connectivity index (χ0) is 23.5. The number of likely N-dealkylation sites (tertiary alicyclic amines) is 1. The number of methoxy groups -OCH3 is 1. The van der Waals surface area contributed by atoms with Crippen LogP contribution in [0, 0.1) is 0 Å². The number of aromatic nitrogens is 3. The Kier molecular flexibility index (Phi) is 6.79. The summed E-state index contributed by atoms with van der Waals surface area (Å²) in [6.07, 6.45) is 7.96. The van der Waals surface area contributed by atoms with Crippen LogP contribution in [0.1, 0.15) is 55.7 Å². The number of hydrogen-bond acceptors (Lipinski definition) is 5. The van der Waals surface area contributed by atoms with E-state index in [0.29, 0.717) is 38.1 Å². The van der Waals surface area contributed by atoms with E-state index in [0.717, 1.165) is 22.2 Å². The monoisotopic (exact) mass is 469 g/mol. The second-order valence-corrected chi connectivity index (χ2v) is 9.63. The fourth-order valence-corrected chi connectivity index (χ4v) is 5.32. The second kappa shape index (κ2) is 9.96. The summed E-state index contributed by atoms with van der Waals surface area (Å²) in [4.78, 5) is 6.39. The number of ether oxygens (including phenoxy) is 1. The zero-order valence-electron chi connectivity index (χ0n) is 19.8. The van der Waals surface area contributed by atoms with Crippen molar-refractivity contribution >= 4 is 11.5 Å². The Morgan fingerprint density at radius 3 is 2.79 bits per heavy atom. The van der Waals surface area contributed by atoms with E-state index in [1.165, 1.54) is 37.8 Å². The van der Waals surface area contributed by atoms with Gasteiger partial charge in [-0.15, -0.1) is 5.10 Å². The van der Waals surface area contributed by atoms with Crippen LogP contribution in [0.3, 0.4) is 0 Å². The molecular weight excluding hydrogens is 436 g/mol. The number of halogens is 2. The first kappa shape index (κ1) is 23.2. The van der Waals surface area contributed by atoms with Crippen molar-refractivity contribution in [1.82, 2.24) is 19.5 Å². The predicted octanol–water partition coefficient (Wildman–Crippen LogP) is 5.34. The summed E-state index contributed by atoms with van der Waals surface area (Å²) < 4.78 is 34.5. The number of anilines is 1. The van der Waals surface area contributed by atoms with E-state index in [1.54, 1.807) is 7.11 Å². The Morgan fingerprint density at radius 2 is 2.03 bits per heavy atom. The van der Waals surface area contributed by atoms with Gasteiger partial charge in [0.2, 0.25) is 5.95 Å². The topological polar surface area (TPSA) is 54.7 Å². The molecule has 1 aliphatic carbocycles. The highest BCUT2D eigenvalue weighted by molar-refractivity contribution is 5.81. The molecule has 5 rings (SSSR count). The molecule has 0 radical (unpaired) electrons. The number of hydrogen-bond donors (Lipinski definition) is 1. The lowest BCUT2D eigenvalue weighted by Crippen LogP contribution is -2.24. The highest BCUT2D eigenvalue weighted by Gasteiger charge is 2.37. The van der Waals surface area contributed by atoms with E-state index < -0.39 is 5.92 Å². The summed E-state index contributed by atoms with van der Waals surface area (Å²) in [6.45, 7) is 2.04. The van der Waals surface area contributed by atoms with Crippen molar-refractivity contribution in [3.8, 4) is 11.1 Å². The number of fused-ring (bicyclic) bond motifs is 1. The Hall–Kier alpha value is -2.58. The standard InChI is InChI=1S/C26H33F2N5O/c1-34-13-11-29-25-30-16-24-22(15-23(33(24)31-25)20-7-3-2-4-8-20)21-9-5-6-19(14-21)17-32-12-10-26(27,28)18-32/h5-6,9,14-16,20H,2-4,7-8,10-13,17-18H2,1H3,(H,29,31). The molecule has 1 saturated carbocycles. The summed E-state index contributed by atoms with van der Waals surface area (Å²) in [6, 6.07) is 10.5. The number of benzene rings is 1. The average molecular weight is 470 g/mol. The van der Waals surface area contributed by atoms with Crippen molar-refractivity contribution in [3.63, 3.8) is 0 Å². The van der Waals surface area contributed by atoms with Crippen LogP contribution in [-0.2, 0) is 11.3 Å². The van der Waals surface area contributed by atoms with E-state index >= 15 is 0 Å². The van der Waals surface area contributed by atoms with Crippen molar-refractivity contribution in [2.45, 2.75) is 56.9 Å². The second-order valence-electron chi connectivity index (χ2n) is 9.63. The molecule has 3 aromatic rings. The third-order valence-electron chi connectivity index (χ3n) is 7.05. The number of alkyl halides is 2. The van der Waals surface area contributed by atoms with Crippen LogP contribution in [0.15, 0.2) is 36.5 Å². The summed E-state index contributed by atoms with van der Waals surface area (Å²) in [5.74, 6) is -1.50. The molecule has 1 aliphatic heterocycles. The highest BCUT2D eigenvalue weighted by atomic mass is 19.3. The van der Waals surface area contributed by atoms with Gasteiger partial charge >= 0.3 is 0 Å². The van der Waals surface area contributed by atoms with Gasteiger partial charge in [-0.25, -0.2) is 18.3 Å². The van der Waals surface area contributed by atoms with E-state index in [9.17, 15) is 8.78 Å². The summed E-state index contributed by atoms with van der Waals surface area (Å²) in [5, 5.41) is 8.08. The first-order valence-corrected chi connectivity index (χ1v) is 12.3. The lowest BCUT2D eigenvalue weighted by Gasteiger charge is -2.21. The molecule has 182 valence electrons. The van der Waals surface area contributed by atoms with Gasteiger partial charge < -0.3 is 10.1 Å². The molecule has 6 nitrogen and oxygen atoms in total. The molecular formula is C26H33F2N5O. The zero-order valence-corrected chi connectivity index (χ0v) is 19.8. The van der Waals surface area contributed by atoms with Crippen molar-refractivity contribution in [2.24, 2.45) is 0 Å². The predicted molar refractivity (Wildman–Crippen MR) is 129 cm³/mol. The molecule has 2 aliphatic rings. The molecule has 0 unspecified atom stereocenters. The van der Waals surface area contributed by atoms with E-state index in [-0.39, 0.29) is 13.0 Å². The maximum absolute atomic E-state index is 13.7. The van der Waals surface area contributed by atoms with Gasteiger partial charge in [-0.3, -0.25) is 4.90 Å². The first-order chi connectivity index (χ1) is 16.5. The number of nitrogens with one attached hydrogen (secondary N) is 1. The third kappa shape index (κ3) is 5.08. The summed E-state index contributed by atoms with van der Waals surface area (Å²) >= 11 is 0. The van der Waals surface area contributed by atoms with E-state index in [4.69, 9.17) is 9.84 Å². The molecule has 34 heavy (non-hydrogen) atoms. The van der Waals surface area contributed by atoms with Gasteiger partial charge in [0, 0.05) is 50.3 Å². The minimum atomic E-state index is -2.57. The van der Waals surface area contributed by atoms with Crippen molar-refractivity contribution in [1.29, 1.82) is 0 Å². The lowest BCUT2D eigenvalue weighted by atomic mass is 9.87. The van der Waals surface area contributed by atoms with Crippen LogP contribution < -0.4 is 5.32 Å². The summed E-state index contributed by atoms with van der Waals surface area (Å²) in [7, 11) is 1.68. The van der Waals surface area contributed by atoms with E-state index in [2.05, 4.69) is 33.0 Å². The van der Waals surface area contributed by atoms with Crippen LogP contribution in [-0.4, -0.2) is 58.8 Å². The van der Waals surface area contributed by atoms with Gasteiger partial charge in [0.1, 0.15) is 0 Å². The Labute approximate surface area is 199 Å². The largest absolute Gasteiger partial charge is 0.383 e. The molecule has 1 aromatic carbocycles. The van der Waals surface area contributed by atoms with Gasteiger partial charge in [0.25, 0.3) is 5.92 Å².